The molecule has 4 heterocycles. The van der Waals surface area contributed by atoms with E-state index >= 15 is 0 Å². The third kappa shape index (κ3) is 2.77. The number of aromatic nitrogens is 3. The van der Waals surface area contributed by atoms with Gasteiger partial charge >= 0.3 is 0 Å². The molecule has 1 atom stereocenters. The van der Waals surface area contributed by atoms with Crippen LogP contribution in [-0.2, 0) is 7.05 Å². The Bertz CT molecular complexity index is 838. The summed E-state index contributed by atoms with van der Waals surface area (Å²) in [6.45, 7) is 2.15. The topological polar surface area (TPSA) is 63.1 Å². The number of thiophene rings is 1. The first kappa shape index (κ1) is 15.5. The highest BCUT2D eigenvalue weighted by Gasteiger charge is 2.32. The maximum Gasteiger partial charge on any atom is 0.274 e. The van der Waals surface area contributed by atoms with Gasteiger partial charge in [-0.1, -0.05) is 6.07 Å². The zero-order chi connectivity index (χ0) is 16.5. The van der Waals surface area contributed by atoms with E-state index < -0.39 is 0 Å². The lowest BCUT2D eigenvalue weighted by molar-refractivity contribution is 0.0615. The molecule has 0 radical (unpaired) electrons. The van der Waals surface area contributed by atoms with E-state index in [9.17, 15) is 4.79 Å². The Kier molecular flexibility index (Phi) is 4.17. The van der Waals surface area contributed by atoms with E-state index in [0.717, 1.165) is 22.3 Å². The highest BCUT2D eigenvalue weighted by molar-refractivity contribution is 7.20. The first-order valence-electron chi connectivity index (χ1n) is 7.72. The molecule has 1 fully saturated rings. The first-order valence-corrected chi connectivity index (χ1v) is 9.48. The molecule has 1 saturated heterocycles. The molecule has 0 spiro atoms. The molecule has 0 bridgehead atoms. The maximum absolute atomic E-state index is 13.0. The summed E-state index contributed by atoms with van der Waals surface area (Å²) in [5.74, 6) is 0.868. The molecule has 1 aliphatic rings. The van der Waals surface area contributed by atoms with Crippen molar-refractivity contribution in [1.82, 2.24) is 24.8 Å². The van der Waals surface area contributed by atoms with Crippen LogP contribution >= 0.6 is 22.7 Å². The van der Waals surface area contributed by atoms with Crippen LogP contribution in [0.3, 0.4) is 0 Å². The minimum absolute atomic E-state index is 0.0245. The van der Waals surface area contributed by atoms with Gasteiger partial charge < -0.3 is 14.8 Å². The number of aryl methyl sites for hydroxylation is 1. The summed E-state index contributed by atoms with van der Waals surface area (Å²) in [5.41, 5.74) is 0.518. The zero-order valence-electron chi connectivity index (χ0n) is 13.2. The van der Waals surface area contributed by atoms with Crippen molar-refractivity contribution in [2.45, 2.75) is 6.04 Å². The Morgan fingerprint density at radius 3 is 3.08 bits per heavy atom. The number of carbonyl (C=O) groups is 1. The monoisotopic (exact) mass is 359 g/mol. The molecular weight excluding hydrogens is 342 g/mol. The predicted molar refractivity (Wildman–Crippen MR) is 95.3 cm³/mol. The van der Waals surface area contributed by atoms with Crippen LogP contribution in [-0.4, -0.2) is 45.0 Å². The second-order valence-corrected chi connectivity index (χ2v) is 7.44. The van der Waals surface area contributed by atoms with E-state index in [-0.39, 0.29) is 11.9 Å². The second-order valence-electron chi connectivity index (χ2n) is 5.63. The fourth-order valence-electron chi connectivity index (χ4n) is 2.91. The summed E-state index contributed by atoms with van der Waals surface area (Å²) in [6.07, 6.45) is 3.68. The van der Waals surface area contributed by atoms with Crippen molar-refractivity contribution in [3.63, 3.8) is 0 Å². The van der Waals surface area contributed by atoms with Gasteiger partial charge in [0, 0.05) is 44.5 Å². The summed E-state index contributed by atoms with van der Waals surface area (Å²) in [7, 11) is 1.96. The van der Waals surface area contributed by atoms with Gasteiger partial charge in [0.1, 0.15) is 22.6 Å². The minimum Gasteiger partial charge on any atom is -0.336 e. The number of nitrogens with one attached hydrogen (secondary N) is 1. The van der Waals surface area contributed by atoms with Crippen LogP contribution in [0.25, 0.3) is 9.88 Å². The minimum atomic E-state index is -0.0712. The molecule has 1 unspecified atom stereocenters. The van der Waals surface area contributed by atoms with Crippen molar-refractivity contribution >= 4 is 28.6 Å². The number of nitrogens with zero attached hydrogens (tertiary/aromatic N) is 4. The molecule has 4 rings (SSSR count). The van der Waals surface area contributed by atoms with Crippen LogP contribution < -0.4 is 5.32 Å². The number of carbonyl (C=O) groups excluding carboxylic acids is 1. The number of hydrogen-bond acceptors (Lipinski definition) is 6. The first-order chi connectivity index (χ1) is 11.7. The van der Waals surface area contributed by atoms with Crippen molar-refractivity contribution < 1.29 is 4.79 Å². The van der Waals surface area contributed by atoms with Gasteiger partial charge in [-0.15, -0.1) is 22.7 Å². The quantitative estimate of drug-likeness (QED) is 0.780. The molecule has 24 heavy (non-hydrogen) atoms. The van der Waals surface area contributed by atoms with Crippen LogP contribution in [0, 0.1) is 0 Å². The molecule has 3 aromatic rings. The van der Waals surface area contributed by atoms with Gasteiger partial charge in [-0.3, -0.25) is 4.79 Å². The van der Waals surface area contributed by atoms with Crippen molar-refractivity contribution in [3.05, 3.63) is 46.8 Å². The van der Waals surface area contributed by atoms with Gasteiger partial charge in [-0.05, 0) is 11.4 Å². The Morgan fingerprint density at radius 1 is 1.42 bits per heavy atom. The summed E-state index contributed by atoms with van der Waals surface area (Å²) >= 11 is 3.15. The molecule has 1 N–H and O–H groups in total. The predicted octanol–water partition coefficient (Wildman–Crippen LogP) is 2.39. The molecule has 1 aliphatic heterocycles. The Balaban J connectivity index is 1.61. The molecule has 1 amide bonds. The standard InChI is InChI=1S/C16H17N5OS2/c1-20-6-5-18-14(20)12-9-17-4-7-21(12)16(22)11-10-24-15(19-11)13-3-2-8-23-13/h2-3,5-6,8,10,12,17H,4,7,9H2,1H3. The number of rotatable bonds is 3. The number of thiazole rings is 1. The third-order valence-electron chi connectivity index (χ3n) is 4.12. The van der Waals surface area contributed by atoms with E-state index in [1.807, 2.05) is 45.6 Å². The molecule has 3 aromatic heterocycles. The fraction of sp³-hybridized carbons (Fsp3) is 0.312. The van der Waals surface area contributed by atoms with Gasteiger partial charge in [-0.2, -0.15) is 0 Å². The highest BCUT2D eigenvalue weighted by atomic mass is 32.1. The summed E-state index contributed by atoms with van der Waals surface area (Å²) in [4.78, 5) is 25.0. The van der Waals surface area contributed by atoms with Gasteiger partial charge in [-0.25, -0.2) is 9.97 Å². The smallest absolute Gasteiger partial charge is 0.274 e. The summed E-state index contributed by atoms with van der Waals surface area (Å²) in [6, 6.07) is 3.95. The third-order valence-corrected chi connectivity index (χ3v) is 6.00. The van der Waals surface area contributed by atoms with Crippen molar-refractivity contribution in [3.8, 4) is 9.88 Å². The molecule has 8 heteroatoms. The van der Waals surface area contributed by atoms with Gasteiger partial charge in [0.15, 0.2) is 0 Å². The Morgan fingerprint density at radius 2 is 2.33 bits per heavy atom. The maximum atomic E-state index is 13.0. The summed E-state index contributed by atoms with van der Waals surface area (Å²) < 4.78 is 1.97. The number of piperazine rings is 1. The lowest BCUT2D eigenvalue weighted by atomic mass is 10.1. The Hall–Kier alpha value is -2.03. The largest absolute Gasteiger partial charge is 0.336 e. The lowest BCUT2D eigenvalue weighted by Crippen LogP contribution is -2.49. The zero-order valence-corrected chi connectivity index (χ0v) is 14.8. The average molecular weight is 359 g/mol. The van der Waals surface area contributed by atoms with E-state index in [1.165, 1.54) is 11.3 Å². The van der Waals surface area contributed by atoms with Gasteiger partial charge in [0.2, 0.25) is 0 Å². The molecule has 0 aliphatic carbocycles. The van der Waals surface area contributed by atoms with E-state index in [1.54, 1.807) is 17.5 Å². The highest BCUT2D eigenvalue weighted by Crippen LogP contribution is 2.29. The average Bonchev–Trinajstić information content (AvgIpc) is 3.35. The number of hydrogen-bond donors (Lipinski definition) is 1. The summed E-state index contributed by atoms with van der Waals surface area (Å²) in [5, 5.41) is 8.13. The van der Waals surface area contributed by atoms with E-state index in [0.29, 0.717) is 18.8 Å². The van der Waals surface area contributed by atoms with Gasteiger partial charge in [0.05, 0.1) is 4.88 Å². The van der Waals surface area contributed by atoms with E-state index in [2.05, 4.69) is 15.3 Å². The van der Waals surface area contributed by atoms with E-state index in [4.69, 9.17) is 0 Å². The molecule has 0 aromatic carbocycles. The number of amides is 1. The van der Waals surface area contributed by atoms with Crippen molar-refractivity contribution in [2.24, 2.45) is 7.05 Å². The lowest BCUT2D eigenvalue weighted by Gasteiger charge is -2.35. The number of imidazole rings is 1. The van der Waals surface area contributed by atoms with Crippen LogP contribution in [0.1, 0.15) is 22.4 Å². The van der Waals surface area contributed by atoms with Crippen molar-refractivity contribution in [1.29, 1.82) is 0 Å². The van der Waals surface area contributed by atoms with Gasteiger partial charge in [0.25, 0.3) is 5.91 Å². The SMILES string of the molecule is Cn1ccnc1C1CNCCN1C(=O)c1csc(-c2cccs2)n1. The molecule has 6 nitrogen and oxygen atoms in total. The van der Waals surface area contributed by atoms with Crippen LogP contribution in [0.5, 0.6) is 0 Å². The molecular formula is C16H17N5OS2. The second kappa shape index (κ2) is 6.46. The van der Waals surface area contributed by atoms with Crippen LogP contribution in [0.4, 0.5) is 0 Å². The molecule has 124 valence electrons. The van der Waals surface area contributed by atoms with Crippen LogP contribution in [0.2, 0.25) is 0 Å². The normalized spacial score (nSPS) is 18.0. The van der Waals surface area contributed by atoms with Crippen LogP contribution in [0.15, 0.2) is 35.3 Å². The Labute approximate surface area is 147 Å². The van der Waals surface area contributed by atoms with Crippen molar-refractivity contribution in [2.75, 3.05) is 19.6 Å². The molecule has 0 saturated carbocycles. The fourth-order valence-corrected chi connectivity index (χ4v) is 4.52.